The molecule has 0 aliphatic carbocycles. The van der Waals surface area contributed by atoms with Gasteiger partial charge in [0, 0.05) is 11.0 Å². The van der Waals surface area contributed by atoms with E-state index in [1.807, 2.05) is 18.2 Å². The molecule has 0 bridgehead atoms. The van der Waals surface area contributed by atoms with Crippen molar-refractivity contribution in [2.24, 2.45) is 0 Å². The number of nitrogens with one attached hydrogen (secondary N) is 1. The lowest BCUT2D eigenvalue weighted by Crippen LogP contribution is -2.20. The van der Waals surface area contributed by atoms with Crippen molar-refractivity contribution in [3.8, 4) is 5.75 Å². The lowest BCUT2D eigenvalue weighted by atomic mass is 10.3. The summed E-state index contributed by atoms with van der Waals surface area (Å²) < 4.78 is 6.53. The minimum absolute atomic E-state index is 0.484. The molecular formula is C13H17BrClNO. The molecule has 0 saturated heterocycles. The van der Waals surface area contributed by atoms with Crippen LogP contribution in [0.3, 0.4) is 0 Å². The van der Waals surface area contributed by atoms with Gasteiger partial charge < -0.3 is 10.1 Å². The molecule has 94 valence electrons. The van der Waals surface area contributed by atoms with Gasteiger partial charge in [-0.15, -0.1) is 0 Å². The van der Waals surface area contributed by atoms with Crippen molar-refractivity contribution in [1.29, 1.82) is 0 Å². The zero-order valence-electron chi connectivity index (χ0n) is 9.93. The molecule has 1 rings (SSSR count). The molecule has 0 spiro atoms. The number of benzene rings is 1. The molecule has 0 heterocycles. The summed E-state index contributed by atoms with van der Waals surface area (Å²) in [5, 5.41) is 3.88. The zero-order valence-corrected chi connectivity index (χ0v) is 12.3. The van der Waals surface area contributed by atoms with Gasteiger partial charge in [0.05, 0.1) is 5.02 Å². The van der Waals surface area contributed by atoms with Gasteiger partial charge in [0.2, 0.25) is 0 Å². The molecule has 0 aliphatic rings. The molecule has 0 atom stereocenters. The van der Waals surface area contributed by atoms with Crippen LogP contribution in [0.1, 0.15) is 13.3 Å². The molecule has 0 amide bonds. The fourth-order valence-corrected chi connectivity index (χ4v) is 1.99. The smallest absolute Gasteiger partial charge is 0.138 e. The number of halogens is 2. The molecule has 0 aliphatic heterocycles. The first-order chi connectivity index (χ1) is 8.13. The van der Waals surface area contributed by atoms with Crippen molar-refractivity contribution < 1.29 is 4.74 Å². The Labute approximate surface area is 116 Å². The van der Waals surface area contributed by atoms with Crippen LogP contribution in [-0.2, 0) is 0 Å². The third-order valence-corrected chi connectivity index (χ3v) is 2.92. The summed E-state index contributed by atoms with van der Waals surface area (Å²) in [6.45, 7) is 8.34. The van der Waals surface area contributed by atoms with Crippen molar-refractivity contribution in [3.05, 3.63) is 39.8 Å². The van der Waals surface area contributed by atoms with E-state index in [-0.39, 0.29) is 0 Å². The maximum absolute atomic E-state index is 6.04. The average molecular weight is 319 g/mol. The highest BCUT2D eigenvalue weighted by Gasteiger charge is 2.02. The molecular weight excluding hydrogens is 302 g/mol. The SMILES string of the molecule is C=C(CNCCC)COc1ccc(Br)cc1Cl. The van der Waals surface area contributed by atoms with Crippen molar-refractivity contribution in [2.45, 2.75) is 13.3 Å². The summed E-state index contributed by atoms with van der Waals surface area (Å²) >= 11 is 9.39. The predicted molar refractivity (Wildman–Crippen MR) is 76.9 cm³/mol. The second-order valence-electron chi connectivity index (χ2n) is 3.79. The highest BCUT2D eigenvalue weighted by Crippen LogP contribution is 2.27. The van der Waals surface area contributed by atoms with Crippen LogP contribution in [0.2, 0.25) is 5.02 Å². The van der Waals surface area contributed by atoms with E-state index in [9.17, 15) is 0 Å². The van der Waals surface area contributed by atoms with Crippen LogP contribution in [0.25, 0.3) is 0 Å². The van der Waals surface area contributed by atoms with Crippen LogP contribution >= 0.6 is 27.5 Å². The standard InChI is InChI=1S/C13H17BrClNO/c1-3-6-16-8-10(2)9-17-13-5-4-11(14)7-12(13)15/h4-5,7,16H,2-3,6,8-9H2,1H3. The van der Waals surface area contributed by atoms with Crippen LogP contribution in [0.15, 0.2) is 34.8 Å². The van der Waals surface area contributed by atoms with E-state index < -0.39 is 0 Å². The van der Waals surface area contributed by atoms with Gasteiger partial charge >= 0.3 is 0 Å². The quantitative estimate of drug-likeness (QED) is 0.605. The first kappa shape index (κ1) is 14.6. The van der Waals surface area contributed by atoms with Crippen molar-refractivity contribution in [2.75, 3.05) is 19.7 Å². The molecule has 0 fully saturated rings. The Morgan fingerprint density at radius 3 is 2.94 bits per heavy atom. The highest BCUT2D eigenvalue weighted by molar-refractivity contribution is 9.10. The number of hydrogen-bond acceptors (Lipinski definition) is 2. The summed E-state index contributed by atoms with van der Waals surface area (Å²) in [5.74, 6) is 0.687. The van der Waals surface area contributed by atoms with Gasteiger partial charge in [-0.3, -0.25) is 0 Å². The monoisotopic (exact) mass is 317 g/mol. The molecule has 0 unspecified atom stereocenters. The van der Waals surface area contributed by atoms with Crippen molar-refractivity contribution in [3.63, 3.8) is 0 Å². The Balaban J connectivity index is 2.37. The number of hydrogen-bond donors (Lipinski definition) is 1. The summed E-state index contributed by atoms with van der Waals surface area (Å²) in [6.07, 6.45) is 1.12. The van der Waals surface area contributed by atoms with E-state index in [1.54, 1.807) is 0 Å². The summed E-state index contributed by atoms with van der Waals surface area (Å²) in [4.78, 5) is 0. The van der Waals surface area contributed by atoms with Gasteiger partial charge in [0.15, 0.2) is 0 Å². The molecule has 17 heavy (non-hydrogen) atoms. The molecule has 1 aromatic carbocycles. The Kier molecular flexibility index (Phi) is 6.63. The third-order valence-electron chi connectivity index (χ3n) is 2.13. The normalized spacial score (nSPS) is 10.3. The fraction of sp³-hybridized carbons (Fsp3) is 0.385. The van der Waals surface area contributed by atoms with Crippen LogP contribution < -0.4 is 10.1 Å². The Morgan fingerprint density at radius 2 is 2.29 bits per heavy atom. The van der Waals surface area contributed by atoms with Gasteiger partial charge in [-0.05, 0) is 36.7 Å². The minimum Gasteiger partial charge on any atom is -0.488 e. The molecule has 4 heteroatoms. The molecule has 2 nitrogen and oxygen atoms in total. The Bertz CT molecular complexity index is 382. The van der Waals surface area contributed by atoms with Crippen LogP contribution in [0.4, 0.5) is 0 Å². The topological polar surface area (TPSA) is 21.3 Å². The number of rotatable bonds is 7. The van der Waals surface area contributed by atoms with E-state index in [0.29, 0.717) is 17.4 Å². The Morgan fingerprint density at radius 1 is 1.53 bits per heavy atom. The lowest BCUT2D eigenvalue weighted by Gasteiger charge is -2.10. The highest BCUT2D eigenvalue weighted by atomic mass is 79.9. The van der Waals surface area contributed by atoms with E-state index in [2.05, 4.69) is 34.7 Å². The van der Waals surface area contributed by atoms with E-state index >= 15 is 0 Å². The lowest BCUT2D eigenvalue weighted by molar-refractivity contribution is 0.348. The largest absolute Gasteiger partial charge is 0.488 e. The first-order valence-corrected chi connectivity index (χ1v) is 6.75. The minimum atomic E-state index is 0.484. The van der Waals surface area contributed by atoms with Gasteiger partial charge in [-0.1, -0.05) is 41.0 Å². The number of ether oxygens (including phenoxy) is 1. The molecule has 0 aromatic heterocycles. The van der Waals surface area contributed by atoms with Gasteiger partial charge in [0.1, 0.15) is 12.4 Å². The van der Waals surface area contributed by atoms with Crippen LogP contribution in [-0.4, -0.2) is 19.7 Å². The van der Waals surface area contributed by atoms with Crippen molar-refractivity contribution in [1.82, 2.24) is 5.32 Å². The Hall–Kier alpha value is -0.510. The molecule has 0 saturated carbocycles. The maximum Gasteiger partial charge on any atom is 0.138 e. The summed E-state index contributed by atoms with van der Waals surface area (Å²) in [7, 11) is 0. The maximum atomic E-state index is 6.04. The first-order valence-electron chi connectivity index (χ1n) is 5.58. The summed E-state index contributed by atoms with van der Waals surface area (Å²) in [6, 6.07) is 5.56. The van der Waals surface area contributed by atoms with E-state index in [1.165, 1.54) is 0 Å². The molecule has 0 radical (unpaired) electrons. The fourth-order valence-electron chi connectivity index (χ4n) is 1.27. The van der Waals surface area contributed by atoms with E-state index in [4.69, 9.17) is 16.3 Å². The zero-order chi connectivity index (χ0) is 12.7. The van der Waals surface area contributed by atoms with Crippen molar-refractivity contribution >= 4 is 27.5 Å². The van der Waals surface area contributed by atoms with E-state index in [0.717, 1.165) is 29.6 Å². The third kappa shape index (κ3) is 5.57. The summed E-state index contributed by atoms with van der Waals surface area (Å²) in [5.41, 5.74) is 1.01. The molecule has 1 N–H and O–H groups in total. The predicted octanol–water partition coefficient (Wildman–Crippen LogP) is 4.04. The second-order valence-corrected chi connectivity index (χ2v) is 5.11. The molecule has 1 aromatic rings. The van der Waals surface area contributed by atoms with Crippen LogP contribution in [0.5, 0.6) is 5.75 Å². The second kappa shape index (κ2) is 7.75. The van der Waals surface area contributed by atoms with Gasteiger partial charge in [-0.25, -0.2) is 0 Å². The van der Waals surface area contributed by atoms with Gasteiger partial charge in [0.25, 0.3) is 0 Å². The van der Waals surface area contributed by atoms with Crippen LogP contribution in [0, 0.1) is 0 Å². The van der Waals surface area contributed by atoms with Gasteiger partial charge in [-0.2, -0.15) is 0 Å². The average Bonchev–Trinajstić information content (AvgIpc) is 2.28.